The van der Waals surface area contributed by atoms with Gasteiger partial charge >= 0.3 is 0 Å². The van der Waals surface area contributed by atoms with E-state index in [1.54, 1.807) is 24.3 Å². The van der Waals surface area contributed by atoms with Crippen molar-refractivity contribution in [3.05, 3.63) is 65.0 Å². The Morgan fingerprint density at radius 3 is 2.68 bits per heavy atom. The maximum absolute atomic E-state index is 12.2. The number of amides is 1. The molecule has 8 heteroatoms. The van der Waals surface area contributed by atoms with Gasteiger partial charge in [-0.05, 0) is 41.8 Å². The number of aromatic nitrogens is 2. The van der Waals surface area contributed by atoms with Crippen molar-refractivity contribution >= 4 is 35.0 Å². The lowest BCUT2D eigenvalue weighted by Crippen LogP contribution is -2.15. The van der Waals surface area contributed by atoms with Crippen LogP contribution in [0.2, 0.25) is 5.02 Å². The Bertz CT molecular complexity index is 928. The predicted octanol–water partition coefficient (Wildman–Crippen LogP) is 5.16. The van der Waals surface area contributed by atoms with Crippen molar-refractivity contribution in [2.24, 2.45) is 0 Å². The highest BCUT2D eigenvalue weighted by Gasteiger charge is 2.12. The number of anilines is 1. The summed E-state index contributed by atoms with van der Waals surface area (Å²) in [6, 6.07) is 14.8. The summed E-state index contributed by atoms with van der Waals surface area (Å²) in [7, 11) is 0. The minimum absolute atomic E-state index is 0.129. The van der Waals surface area contributed by atoms with Gasteiger partial charge in [-0.15, -0.1) is 10.2 Å². The summed E-state index contributed by atoms with van der Waals surface area (Å²) in [5.74, 6) is 1.35. The van der Waals surface area contributed by atoms with E-state index in [1.165, 1.54) is 11.8 Å². The largest absolute Gasteiger partial charge is 0.484 e. The summed E-state index contributed by atoms with van der Waals surface area (Å²) in [4.78, 5) is 12.2. The smallest absolute Gasteiger partial charge is 0.277 e. The molecule has 146 valence electrons. The molecule has 3 rings (SSSR count). The molecule has 6 nitrogen and oxygen atoms in total. The monoisotopic (exact) mass is 417 g/mol. The van der Waals surface area contributed by atoms with E-state index in [-0.39, 0.29) is 18.3 Å². The number of hydrogen-bond acceptors (Lipinski definition) is 6. The van der Waals surface area contributed by atoms with Crippen LogP contribution in [0.3, 0.4) is 0 Å². The highest BCUT2D eigenvalue weighted by molar-refractivity contribution is 7.99. The number of hydrogen-bond donors (Lipinski definition) is 1. The lowest BCUT2D eigenvalue weighted by Gasteiger charge is -2.13. The second-order valence-corrected chi connectivity index (χ2v) is 7.65. The molecule has 0 saturated carbocycles. The average molecular weight is 418 g/mol. The average Bonchev–Trinajstić information content (AvgIpc) is 3.14. The molecule has 0 bridgehead atoms. The molecule has 0 saturated heterocycles. The summed E-state index contributed by atoms with van der Waals surface area (Å²) in [5.41, 5.74) is 1.92. The third kappa shape index (κ3) is 5.74. The third-order valence-corrected chi connectivity index (χ3v) is 4.88. The number of halogens is 1. The molecule has 1 N–H and O–H groups in total. The molecule has 0 radical (unpaired) electrons. The van der Waals surface area contributed by atoms with Gasteiger partial charge < -0.3 is 14.5 Å². The highest BCUT2D eigenvalue weighted by atomic mass is 35.5. The van der Waals surface area contributed by atoms with Gasteiger partial charge in [0.1, 0.15) is 5.75 Å². The Morgan fingerprint density at radius 1 is 1.18 bits per heavy atom. The van der Waals surface area contributed by atoms with Gasteiger partial charge in [0.05, 0.1) is 5.75 Å². The molecule has 0 aliphatic heterocycles. The Hall–Kier alpha value is -2.51. The molecule has 0 aliphatic rings. The minimum Gasteiger partial charge on any atom is -0.484 e. The van der Waals surface area contributed by atoms with Crippen LogP contribution in [0.15, 0.2) is 58.2 Å². The molecule has 28 heavy (non-hydrogen) atoms. The Labute approximate surface area is 172 Å². The van der Waals surface area contributed by atoms with E-state index in [4.69, 9.17) is 20.8 Å². The first kappa shape index (κ1) is 20.2. The molecule has 0 unspecified atom stereocenters. The summed E-state index contributed by atoms with van der Waals surface area (Å²) in [6.07, 6.45) is 0. The minimum atomic E-state index is -0.129. The van der Waals surface area contributed by atoms with E-state index in [9.17, 15) is 4.79 Å². The molecule has 0 spiro atoms. The van der Waals surface area contributed by atoms with E-state index in [1.807, 2.05) is 24.3 Å². The van der Waals surface area contributed by atoms with Crippen LogP contribution in [-0.4, -0.2) is 21.9 Å². The molecular formula is C20H20ClN3O3S. The van der Waals surface area contributed by atoms with E-state index in [0.29, 0.717) is 27.8 Å². The van der Waals surface area contributed by atoms with Crippen molar-refractivity contribution in [3.8, 4) is 5.75 Å². The number of carbonyl (C=O) groups is 1. The third-order valence-electron chi connectivity index (χ3n) is 3.81. The second kappa shape index (κ2) is 9.61. The summed E-state index contributed by atoms with van der Waals surface area (Å²) < 4.78 is 11.1. The number of rotatable bonds is 8. The Morgan fingerprint density at radius 2 is 1.93 bits per heavy atom. The van der Waals surface area contributed by atoms with Crippen molar-refractivity contribution < 1.29 is 13.9 Å². The van der Waals surface area contributed by atoms with Gasteiger partial charge in [0.25, 0.3) is 11.1 Å². The van der Waals surface area contributed by atoms with Crippen molar-refractivity contribution in [3.63, 3.8) is 0 Å². The van der Waals surface area contributed by atoms with E-state index in [0.717, 1.165) is 11.3 Å². The van der Waals surface area contributed by atoms with Crippen LogP contribution >= 0.6 is 23.4 Å². The van der Waals surface area contributed by atoms with Gasteiger partial charge in [-0.1, -0.05) is 55.4 Å². The van der Waals surface area contributed by atoms with Crippen molar-refractivity contribution in [2.75, 3.05) is 11.1 Å². The number of ether oxygens (including phenoxy) is 1. The lowest BCUT2D eigenvalue weighted by molar-refractivity contribution is -0.113. The first-order valence-corrected chi connectivity index (χ1v) is 10.1. The van der Waals surface area contributed by atoms with Gasteiger partial charge in [-0.3, -0.25) is 4.79 Å². The predicted molar refractivity (Wildman–Crippen MR) is 110 cm³/mol. The maximum Gasteiger partial charge on any atom is 0.277 e. The molecular weight excluding hydrogens is 398 g/mol. The number of thioether (sulfide) groups is 1. The van der Waals surface area contributed by atoms with Gasteiger partial charge in [-0.2, -0.15) is 0 Å². The standard InChI is InChI=1S/C20H20ClN3O3S/c1-13(2)16-5-3-4-6-17(16)22-18(25)12-28-20-24-23-19(27-20)11-26-15-9-7-14(21)8-10-15/h3-10,13H,11-12H2,1-2H3,(H,22,25). The zero-order chi connectivity index (χ0) is 19.9. The molecule has 1 amide bonds. The molecule has 3 aromatic rings. The van der Waals surface area contributed by atoms with Crippen LogP contribution in [0.25, 0.3) is 0 Å². The molecule has 0 fully saturated rings. The normalized spacial score (nSPS) is 10.9. The number of para-hydroxylation sites is 1. The molecule has 0 aliphatic carbocycles. The first-order valence-electron chi connectivity index (χ1n) is 8.73. The van der Waals surface area contributed by atoms with Gasteiger partial charge in [0.2, 0.25) is 5.91 Å². The van der Waals surface area contributed by atoms with E-state index >= 15 is 0 Å². The van der Waals surface area contributed by atoms with Crippen LogP contribution in [0.5, 0.6) is 5.75 Å². The van der Waals surface area contributed by atoms with Crippen LogP contribution in [0, 0.1) is 0 Å². The fraction of sp³-hybridized carbons (Fsp3) is 0.250. The van der Waals surface area contributed by atoms with Crippen LogP contribution < -0.4 is 10.1 Å². The fourth-order valence-electron chi connectivity index (χ4n) is 2.46. The first-order chi connectivity index (χ1) is 13.5. The van der Waals surface area contributed by atoms with Crippen molar-refractivity contribution in [1.29, 1.82) is 0 Å². The zero-order valence-electron chi connectivity index (χ0n) is 15.5. The molecule has 2 aromatic carbocycles. The summed E-state index contributed by atoms with van der Waals surface area (Å²) in [5, 5.41) is 11.8. The molecule has 0 atom stereocenters. The van der Waals surface area contributed by atoms with Crippen LogP contribution in [0.1, 0.15) is 31.2 Å². The maximum atomic E-state index is 12.2. The number of nitrogens with zero attached hydrogens (tertiary/aromatic N) is 2. The van der Waals surface area contributed by atoms with Gasteiger partial charge in [-0.25, -0.2) is 0 Å². The summed E-state index contributed by atoms with van der Waals surface area (Å²) >= 11 is 7.02. The quantitative estimate of drug-likeness (QED) is 0.510. The van der Waals surface area contributed by atoms with Crippen molar-refractivity contribution in [1.82, 2.24) is 10.2 Å². The van der Waals surface area contributed by atoms with E-state index in [2.05, 4.69) is 29.4 Å². The van der Waals surface area contributed by atoms with Gasteiger partial charge in [0.15, 0.2) is 6.61 Å². The van der Waals surface area contributed by atoms with Crippen LogP contribution in [0.4, 0.5) is 5.69 Å². The highest BCUT2D eigenvalue weighted by Crippen LogP contribution is 2.24. The lowest BCUT2D eigenvalue weighted by atomic mass is 10.0. The zero-order valence-corrected chi connectivity index (χ0v) is 17.1. The number of nitrogens with one attached hydrogen (secondary N) is 1. The molecule has 1 heterocycles. The van der Waals surface area contributed by atoms with Crippen LogP contribution in [-0.2, 0) is 11.4 Å². The van der Waals surface area contributed by atoms with Crippen molar-refractivity contribution in [2.45, 2.75) is 31.6 Å². The Kier molecular flexibility index (Phi) is 6.95. The summed E-state index contributed by atoms with van der Waals surface area (Å²) in [6.45, 7) is 4.32. The van der Waals surface area contributed by atoms with Gasteiger partial charge in [0, 0.05) is 10.7 Å². The topological polar surface area (TPSA) is 77.2 Å². The SMILES string of the molecule is CC(C)c1ccccc1NC(=O)CSc1nnc(COc2ccc(Cl)cc2)o1. The van der Waals surface area contributed by atoms with E-state index < -0.39 is 0 Å². The Balaban J connectivity index is 1.49. The number of benzene rings is 2. The fourth-order valence-corrected chi connectivity index (χ4v) is 3.17. The molecule has 1 aromatic heterocycles. The number of carbonyl (C=O) groups excluding carboxylic acids is 1. The second-order valence-electron chi connectivity index (χ2n) is 6.28.